The highest BCUT2D eigenvalue weighted by molar-refractivity contribution is 7.01. The lowest BCUT2D eigenvalue weighted by Crippen LogP contribution is -2.63. The van der Waals surface area contributed by atoms with E-state index in [1.165, 1.54) is 183 Å². The van der Waals surface area contributed by atoms with Crippen LogP contribution in [0.5, 0.6) is 0 Å². The summed E-state index contributed by atoms with van der Waals surface area (Å²) >= 11 is 0. The molecule has 18 aromatic rings. The molecule has 1 aromatic heterocycles. The summed E-state index contributed by atoms with van der Waals surface area (Å²) in [6.45, 7) is -0.340. The molecular weight excluding hydrogens is 1310 g/mol. The van der Waals surface area contributed by atoms with Gasteiger partial charge in [0.1, 0.15) is 0 Å². The molecule has 2 aliphatic heterocycles. The van der Waals surface area contributed by atoms with Gasteiger partial charge in [0.2, 0.25) is 0 Å². The van der Waals surface area contributed by atoms with Crippen LogP contribution in [0.25, 0.3) is 105 Å². The standard InChI is InChI=1S/C105H62BN3/c1-2-27-63(28-3-1)64-53-55-65(56-54-64)107-95-58-57-79-74-36-11-23-49-89(74)105(86-46-20-8-33-71(86)72-34-9-21-47-87(72)105)100(79)102(95)106-91-61-80-75-37-12-17-43-83(75)103(81-41-15-4-29-67(81)68-30-5-16-42-82(68)103)90(80)62-96(91)109(98-60-66(59-97(107)101(98)106)108-92-50-24-13-38-76(92)77-39-14-25-51-93(77)108)94-52-26-40-78-73-35-10-22-48-88(73)104(99(78)94)84-44-18-6-31-69(84)70-32-7-19-45-85(70)104/h1-62H. The summed E-state index contributed by atoms with van der Waals surface area (Å²) in [5.74, 6) is 0. The van der Waals surface area contributed by atoms with Crippen LogP contribution in [-0.4, -0.2) is 11.3 Å². The second kappa shape index (κ2) is 20.8. The minimum Gasteiger partial charge on any atom is -0.311 e. The summed E-state index contributed by atoms with van der Waals surface area (Å²) in [5, 5.41) is 2.44. The number of hydrogen-bond donors (Lipinski definition) is 0. The Bertz CT molecular complexity index is 6930. The Morgan fingerprint density at radius 2 is 0.578 bits per heavy atom. The van der Waals surface area contributed by atoms with Gasteiger partial charge in [0.15, 0.2) is 0 Å². The van der Waals surface area contributed by atoms with Gasteiger partial charge in [-0.05, 0) is 210 Å². The smallest absolute Gasteiger partial charge is 0.252 e. The molecule has 0 fully saturated rings. The fraction of sp³-hybridized carbons (Fsp3) is 0.0286. The fourth-order valence-electron chi connectivity index (χ4n) is 22.9. The highest BCUT2D eigenvalue weighted by Gasteiger charge is 2.60. The Morgan fingerprint density at radius 3 is 1.06 bits per heavy atom. The molecule has 0 saturated carbocycles. The second-order valence-corrected chi connectivity index (χ2v) is 31.0. The molecule has 0 amide bonds. The van der Waals surface area contributed by atoms with Gasteiger partial charge >= 0.3 is 0 Å². The second-order valence-electron chi connectivity index (χ2n) is 31.0. The number of rotatable bonds is 4. The zero-order chi connectivity index (χ0) is 70.7. The average molecular weight is 1380 g/mol. The van der Waals surface area contributed by atoms with Gasteiger partial charge in [0.05, 0.1) is 38.7 Å². The van der Waals surface area contributed by atoms with Crippen LogP contribution in [0, 0.1) is 0 Å². The van der Waals surface area contributed by atoms with Crippen molar-refractivity contribution in [3.63, 3.8) is 0 Å². The van der Waals surface area contributed by atoms with E-state index in [0.29, 0.717) is 0 Å². The monoisotopic (exact) mass is 1380 g/mol. The first-order valence-corrected chi connectivity index (χ1v) is 38.4. The van der Waals surface area contributed by atoms with Gasteiger partial charge in [-0.15, -0.1) is 0 Å². The van der Waals surface area contributed by atoms with Crippen molar-refractivity contribution < 1.29 is 0 Å². The molecule has 3 heterocycles. The minimum atomic E-state index is -0.712. The van der Waals surface area contributed by atoms with E-state index in [1.54, 1.807) is 0 Å². The zero-order valence-corrected chi connectivity index (χ0v) is 59.2. The van der Waals surface area contributed by atoms with Crippen molar-refractivity contribution in [3.05, 3.63) is 443 Å². The van der Waals surface area contributed by atoms with E-state index >= 15 is 0 Å². The lowest BCUT2D eigenvalue weighted by atomic mass is 9.31. The number of benzene rings is 17. The summed E-state index contributed by atoms with van der Waals surface area (Å²) in [6, 6.07) is 146. The Kier molecular flexibility index (Phi) is 11.2. The van der Waals surface area contributed by atoms with E-state index in [2.05, 4.69) is 390 Å². The summed E-state index contributed by atoms with van der Waals surface area (Å²) in [6.07, 6.45) is 0. The Hall–Kier alpha value is -13.8. The molecule has 4 heteroatoms. The average Bonchev–Trinajstić information content (AvgIpc) is 1.53. The Labute approximate surface area is 631 Å². The van der Waals surface area contributed by atoms with Crippen molar-refractivity contribution in [2.45, 2.75) is 16.2 Å². The quantitative estimate of drug-likeness (QED) is 0.163. The predicted molar refractivity (Wildman–Crippen MR) is 449 cm³/mol. The maximum atomic E-state index is 2.83. The van der Waals surface area contributed by atoms with Crippen LogP contribution in [0.2, 0.25) is 0 Å². The van der Waals surface area contributed by atoms with E-state index in [1.807, 2.05) is 0 Å². The van der Waals surface area contributed by atoms with Gasteiger partial charge in [-0.25, -0.2) is 0 Å². The number of fused-ring (bicyclic) bond motifs is 38. The summed E-state index contributed by atoms with van der Waals surface area (Å²) < 4.78 is 2.58. The highest BCUT2D eigenvalue weighted by atomic mass is 15.2. The van der Waals surface area contributed by atoms with E-state index in [9.17, 15) is 0 Å². The van der Waals surface area contributed by atoms with Crippen LogP contribution in [0.3, 0.4) is 0 Å². The first-order valence-electron chi connectivity index (χ1n) is 38.4. The molecule has 26 rings (SSSR count). The third-order valence-electron chi connectivity index (χ3n) is 26.6. The molecule has 109 heavy (non-hydrogen) atoms. The molecule has 500 valence electrons. The van der Waals surface area contributed by atoms with Gasteiger partial charge in [0.25, 0.3) is 6.71 Å². The maximum absolute atomic E-state index is 2.83. The van der Waals surface area contributed by atoms with E-state index < -0.39 is 16.2 Å². The van der Waals surface area contributed by atoms with Crippen molar-refractivity contribution >= 4 is 79.0 Å². The van der Waals surface area contributed by atoms with Gasteiger partial charge in [-0.1, -0.05) is 322 Å². The molecule has 8 aliphatic rings. The van der Waals surface area contributed by atoms with E-state index in [-0.39, 0.29) is 6.71 Å². The van der Waals surface area contributed by atoms with Crippen LogP contribution in [0.4, 0.5) is 34.1 Å². The highest BCUT2D eigenvalue weighted by Crippen LogP contribution is 2.69. The van der Waals surface area contributed by atoms with Crippen molar-refractivity contribution in [2.24, 2.45) is 0 Å². The molecule has 0 saturated heterocycles. The van der Waals surface area contributed by atoms with Gasteiger partial charge in [0, 0.05) is 44.8 Å². The predicted octanol–water partition coefficient (Wildman–Crippen LogP) is 23.6. The van der Waals surface area contributed by atoms with E-state index in [4.69, 9.17) is 0 Å². The first-order chi connectivity index (χ1) is 54.1. The molecule has 0 bridgehead atoms. The normalized spacial score (nSPS) is 15.0. The summed E-state index contributed by atoms with van der Waals surface area (Å²) in [4.78, 5) is 5.53. The summed E-state index contributed by atoms with van der Waals surface area (Å²) in [7, 11) is 0. The third-order valence-corrected chi connectivity index (χ3v) is 26.6. The number of anilines is 6. The lowest BCUT2D eigenvalue weighted by molar-refractivity contribution is 0.790. The molecule has 3 nitrogen and oxygen atoms in total. The van der Waals surface area contributed by atoms with Crippen molar-refractivity contribution in [1.82, 2.24) is 4.57 Å². The topological polar surface area (TPSA) is 11.4 Å². The van der Waals surface area contributed by atoms with Crippen molar-refractivity contribution in [3.8, 4) is 83.6 Å². The summed E-state index contributed by atoms with van der Waals surface area (Å²) in [5.41, 5.74) is 45.6. The minimum absolute atomic E-state index is 0.340. The Balaban J connectivity index is 0.878. The van der Waals surface area contributed by atoms with Crippen LogP contribution in [0.1, 0.15) is 66.8 Å². The van der Waals surface area contributed by atoms with Crippen molar-refractivity contribution in [2.75, 3.05) is 9.80 Å². The molecule has 6 aliphatic carbocycles. The number of nitrogens with zero attached hydrogens (tertiary/aromatic N) is 3. The van der Waals surface area contributed by atoms with Crippen molar-refractivity contribution in [1.29, 1.82) is 0 Å². The molecule has 17 aromatic carbocycles. The van der Waals surface area contributed by atoms with Crippen LogP contribution in [-0.2, 0) is 16.2 Å². The Morgan fingerprint density at radius 1 is 0.202 bits per heavy atom. The SMILES string of the molecule is c1ccc(-c2ccc(N3c4cc(-n5c6ccccc6c6ccccc65)cc5c4B(c4cc6c(cc4N5c4cccc5c4C4(c7ccccc7-c7ccccc74)c4ccccc4-5)C4(c5ccccc5-c5ccccc54)c4ccccc4-6)c4c3ccc3c4C4(c5ccccc5-c5ccccc54)c4ccccc4-3)cc2)cc1. The van der Waals surface area contributed by atoms with Crippen LogP contribution < -0.4 is 26.2 Å². The molecule has 0 atom stereocenters. The molecule has 0 radical (unpaired) electrons. The van der Waals surface area contributed by atoms with Gasteiger partial charge in [-0.2, -0.15) is 0 Å². The first kappa shape index (κ1) is 58.5. The number of hydrogen-bond acceptors (Lipinski definition) is 2. The fourth-order valence-corrected chi connectivity index (χ4v) is 22.9. The molecule has 0 unspecified atom stereocenters. The molecule has 0 N–H and O–H groups in total. The van der Waals surface area contributed by atoms with Gasteiger partial charge in [-0.3, -0.25) is 0 Å². The third kappa shape index (κ3) is 6.92. The maximum Gasteiger partial charge on any atom is 0.252 e. The largest absolute Gasteiger partial charge is 0.311 e. The molecule has 3 spiro atoms. The van der Waals surface area contributed by atoms with Crippen LogP contribution >= 0.6 is 0 Å². The van der Waals surface area contributed by atoms with Gasteiger partial charge < -0.3 is 14.4 Å². The zero-order valence-electron chi connectivity index (χ0n) is 59.2. The number of aromatic nitrogens is 1. The van der Waals surface area contributed by atoms with E-state index in [0.717, 1.165) is 39.5 Å². The number of para-hydroxylation sites is 2. The van der Waals surface area contributed by atoms with Crippen LogP contribution in [0.15, 0.2) is 376 Å². The lowest BCUT2D eigenvalue weighted by Gasteiger charge is -2.47. The molecular formula is C105H62BN3.